The summed E-state index contributed by atoms with van der Waals surface area (Å²) in [6.07, 6.45) is 0. The van der Waals surface area contributed by atoms with Crippen molar-refractivity contribution < 1.29 is 9.53 Å². The van der Waals surface area contributed by atoms with E-state index in [1.165, 1.54) is 0 Å². The van der Waals surface area contributed by atoms with Crippen LogP contribution in [-0.2, 0) is 4.74 Å². The third-order valence-electron chi connectivity index (χ3n) is 4.99. The van der Waals surface area contributed by atoms with E-state index in [0.717, 1.165) is 59.9 Å². The highest BCUT2D eigenvalue weighted by molar-refractivity contribution is 9.10. The monoisotopic (exact) mass is 442 g/mol. The molecule has 1 aromatic heterocycles. The zero-order valence-corrected chi connectivity index (χ0v) is 17.4. The second kappa shape index (κ2) is 8.43. The van der Waals surface area contributed by atoms with E-state index in [-0.39, 0.29) is 5.91 Å². The van der Waals surface area contributed by atoms with Gasteiger partial charge in [-0.05, 0) is 49.4 Å². The van der Waals surface area contributed by atoms with Gasteiger partial charge in [0.2, 0.25) is 0 Å². The van der Waals surface area contributed by atoms with Crippen LogP contribution in [0.15, 0.2) is 46.9 Å². The van der Waals surface area contributed by atoms with Gasteiger partial charge in [-0.25, -0.2) is 4.98 Å². The zero-order valence-electron chi connectivity index (χ0n) is 15.8. The SMILES string of the molecule is Cc1nc2cc(C(=O)NCCN3CCOCC3)ccc2n1-c1ccc(Br)cc1. The Bertz CT molecular complexity index is 978. The molecule has 0 unspecified atom stereocenters. The number of nitrogens with one attached hydrogen (secondary N) is 1. The first kappa shape index (κ1) is 19.1. The van der Waals surface area contributed by atoms with Crippen molar-refractivity contribution in [3.8, 4) is 5.69 Å². The second-order valence-corrected chi connectivity index (χ2v) is 7.80. The third kappa shape index (κ3) is 4.11. The maximum absolute atomic E-state index is 12.5. The number of aromatic nitrogens is 2. The van der Waals surface area contributed by atoms with Crippen molar-refractivity contribution in [2.75, 3.05) is 39.4 Å². The van der Waals surface area contributed by atoms with Gasteiger partial charge in [0.05, 0.1) is 24.2 Å². The number of ether oxygens (including phenoxy) is 1. The first-order valence-corrected chi connectivity index (χ1v) is 10.2. The van der Waals surface area contributed by atoms with Gasteiger partial charge in [-0.15, -0.1) is 0 Å². The van der Waals surface area contributed by atoms with E-state index in [1.807, 2.05) is 49.4 Å². The third-order valence-corrected chi connectivity index (χ3v) is 5.52. The van der Waals surface area contributed by atoms with Crippen LogP contribution in [0.3, 0.4) is 0 Å². The summed E-state index contributed by atoms with van der Waals surface area (Å²) in [5.41, 5.74) is 3.49. The Labute approximate surface area is 172 Å². The van der Waals surface area contributed by atoms with E-state index >= 15 is 0 Å². The van der Waals surface area contributed by atoms with Gasteiger partial charge in [0.25, 0.3) is 5.91 Å². The van der Waals surface area contributed by atoms with Crippen LogP contribution in [0, 0.1) is 6.92 Å². The maximum Gasteiger partial charge on any atom is 0.251 e. The minimum atomic E-state index is -0.0639. The number of hydrogen-bond donors (Lipinski definition) is 1. The van der Waals surface area contributed by atoms with Crippen molar-refractivity contribution >= 4 is 32.9 Å². The lowest BCUT2D eigenvalue weighted by atomic mass is 10.2. The molecule has 2 heterocycles. The Hall–Kier alpha value is -2.22. The van der Waals surface area contributed by atoms with Crippen LogP contribution in [0.4, 0.5) is 0 Å². The molecule has 2 aromatic carbocycles. The van der Waals surface area contributed by atoms with E-state index in [0.29, 0.717) is 12.1 Å². The Morgan fingerprint density at radius 2 is 1.93 bits per heavy atom. The van der Waals surface area contributed by atoms with Gasteiger partial charge in [-0.1, -0.05) is 15.9 Å². The number of aryl methyl sites for hydroxylation is 1. The molecule has 0 atom stereocenters. The molecule has 7 heteroatoms. The van der Waals surface area contributed by atoms with Gasteiger partial charge in [0.15, 0.2) is 0 Å². The van der Waals surface area contributed by atoms with Gasteiger partial charge < -0.3 is 10.1 Å². The molecular formula is C21H23BrN4O2. The van der Waals surface area contributed by atoms with Crippen molar-refractivity contribution in [3.63, 3.8) is 0 Å². The van der Waals surface area contributed by atoms with Crippen molar-refractivity contribution in [1.82, 2.24) is 19.8 Å². The summed E-state index contributed by atoms with van der Waals surface area (Å²) in [4.78, 5) is 19.5. The molecule has 0 radical (unpaired) electrons. The average molecular weight is 443 g/mol. The predicted molar refractivity (Wildman–Crippen MR) is 113 cm³/mol. The second-order valence-electron chi connectivity index (χ2n) is 6.88. The highest BCUT2D eigenvalue weighted by Gasteiger charge is 2.14. The Balaban J connectivity index is 1.48. The molecule has 0 bridgehead atoms. The lowest BCUT2D eigenvalue weighted by Gasteiger charge is -2.26. The Morgan fingerprint density at radius 1 is 1.18 bits per heavy atom. The summed E-state index contributed by atoms with van der Waals surface area (Å²) < 4.78 is 8.48. The van der Waals surface area contributed by atoms with Gasteiger partial charge in [0.1, 0.15) is 5.82 Å². The van der Waals surface area contributed by atoms with Crippen molar-refractivity contribution in [1.29, 1.82) is 0 Å². The number of amides is 1. The molecule has 3 aromatic rings. The number of carbonyl (C=O) groups excluding carboxylic acids is 1. The molecule has 6 nitrogen and oxygen atoms in total. The van der Waals surface area contributed by atoms with Crippen molar-refractivity contribution in [3.05, 3.63) is 58.3 Å². The number of morpholine rings is 1. The number of fused-ring (bicyclic) bond motifs is 1. The summed E-state index contributed by atoms with van der Waals surface area (Å²) in [5, 5.41) is 3.01. The van der Waals surface area contributed by atoms with Crippen molar-refractivity contribution in [2.24, 2.45) is 0 Å². The number of nitrogens with zero attached hydrogens (tertiary/aromatic N) is 3. The van der Waals surface area contributed by atoms with Gasteiger partial charge in [0, 0.05) is 41.9 Å². The van der Waals surface area contributed by atoms with Crippen LogP contribution in [0.1, 0.15) is 16.2 Å². The van der Waals surface area contributed by atoms with Crippen LogP contribution < -0.4 is 5.32 Å². The van der Waals surface area contributed by atoms with Crippen LogP contribution >= 0.6 is 15.9 Å². The molecule has 1 fully saturated rings. The van der Waals surface area contributed by atoms with Crippen LogP contribution in [-0.4, -0.2) is 59.8 Å². The fourth-order valence-corrected chi connectivity index (χ4v) is 3.78. The fourth-order valence-electron chi connectivity index (χ4n) is 3.51. The molecule has 1 aliphatic heterocycles. The molecule has 0 aliphatic carbocycles. The number of rotatable bonds is 5. The average Bonchev–Trinajstić information content (AvgIpc) is 3.04. The van der Waals surface area contributed by atoms with Crippen molar-refractivity contribution in [2.45, 2.75) is 6.92 Å². The predicted octanol–water partition coefficient (Wildman–Crippen LogP) is 3.16. The summed E-state index contributed by atoms with van der Waals surface area (Å²) in [6, 6.07) is 13.8. The minimum absolute atomic E-state index is 0.0639. The molecule has 1 amide bonds. The minimum Gasteiger partial charge on any atom is -0.379 e. The molecule has 1 N–H and O–H groups in total. The van der Waals surface area contributed by atoms with E-state index < -0.39 is 0 Å². The summed E-state index contributed by atoms with van der Waals surface area (Å²) >= 11 is 3.47. The largest absolute Gasteiger partial charge is 0.379 e. The molecule has 1 aliphatic rings. The summed E-state index contributed by atoms with van der Waals surface area (Å²) in [5.74, 6) is 0.827. The molecule has 28 heavy (non-hydrogen) atoms. The topological polar surface area (TPSA) is 59.4 Å². The smallest absolute Gasteiger partial charge is 0.251 e. The van der Waals surface area contributed by atoms with E-state index in [9.17, 15) is 4.79 Å². The molecule has 0 spiro atoms. The maximum atomic E-state index is 12.5. The Kier molecular flexibility index (Phi) is 5.75. The van der Waals surface area contributed by atoms with Crippen LogP contribution in [0.2, 0.25) is 0 Å². The molecular weight excluding hydrogens is 420 g/mol. The first-order chi connectivity index (χ1) is 13.6. The Morgan fingerprint density at radius 3 is 2.68 bits per heavy atom. The standard InChI is InChI=1S/C21H23BrN4O2/c1-15-24-19-14-16(21(27)23-8-9-25-10-12-28-13-11-25)2-7-20(19)26(15)18-5-3-17(22)4-6-18/h2-7,14H,8-13H2,1H3,(H,23,27). The van der Waals surface area contributed by atoms with Gasteiger partial charge in [-0.2, -0.15) is 0 Å². The number of hydrogen-bond acceptors (Lipinski definition) is 4. The first-order valence-electron chi connectivity index (χ1n) is 9.45. The van der Waals surface area contributed by atoms with Crippen LogP contribution in [0.5, 0.6) is 0 Å². The molecule has 0 saturated carbocycles. The normalized spacial score (nSPS) is 15.1. The zero-order chi connectivity index (χ0) is 19.5. The summed E-state index contributed by atoms with van der Waals surface area (Å²) in [7, 11) is 0. The highest BCUT2D eigenvalue weighted by atomic mass is 79.9. The van der Waals surface area contributed by atoms with E-state index in [4.69, 9.17) is 4.74 Å². The number of imidazole rings is 1. The lowest BCUT2D eigenvalue weighted by Crippen LogP contribution is -2.41. The van der Waals surface area contributed by atoms with Crippen LogP contribution in [0.25, 0.3) is 16.7 Å². The molecule has 146 valence electrons. The quantitative estimate of drug-likeness (QED) is 0.659. The van der Waals surface area contributed by atoms with E-state index in [1.54, 1.807) is 0 Å². The van der Waals surface area contributed by atoms with E-state index in [2.05, 4.69) is 35.7 Å². The highest BCUT2D eigenvalue weighted by Crippen LogP contribution is 2.23. The number of halogens is 1. The fraction of sp³-hybridized carbons (Fsp3) is 0.333. The number of carbonyl (C=O) groups is 1. The lowest BCUT2D eigenvalue weighted by molar-refractivity contribution is 0.0383. The molecule has 4 rings (SSSR count). The van der Waals surface area contributed by atoms with Gasteiger partial charge in [-0.3, -0.25) is 14.3 Å². The molecule has 1 saturated heterocycles. The van der Waals surface area contributed by atoms with Gasteiger partial charge >= 0.3 is 0 Å². The number of benzene rings is 2. The summed E-state index contributed by atoms with van der Waals surface area (Å²) in [6.45, 7) is 6.83.